The normalized spacial score (nSPS) is 12.7. The second-order valence-electron chi connectivity index (χ2n) is 6.51. The van der Waals surface area contributed by atoms with Crippen LogP contribution in [0.4, 0.5) is 5.69 Å². The van der Waals surface area contributed by atoms with E-state index in [9.17, 15) is 9.59 Å². The van der Waals surface area contributed by atoms with Gasteiger partial charge in [0.25, 0.3) is 5.91 Å². The number of carbonyl (C=O) groups excluding carboxylic acids is 2. The zero-order valence-electron chi connectivity index (χ0n) is 13.4. The van der Waals surface area contributed by atoms with Gasteiger partial charge in [-0.2, -0.15) is 0 Å². The fourth-order valence-corrected chi connectivity index (χ4v) is 1.71. The Bertz CT molecular complexity index is 518. The maximum absolute atomic E-state index is 12.0. The molecule has 5 heteroatoms. The second-order valence-corrected chi connectivity index (χ2v) is 6.51. The summed E-state index contributed by atoms with van der Waals surface area (Å²) in [5.74, 6) is -0.246. The zero-order valence-corrected chi connectivity index (χ0v) is 13.4. The number of nitrogens with one attached hydrogen (secondary N) is 1. The third-order valence-electron chi connectivity index (χ3n) is 3.32. The molecule has 0 fully saturated rings. The van der Waals surface area contributed by atoms with Gasteiger partial charge in [-0.1, -0.05) is 26.8 Å². The molecule has 0 aliphatic carbocycles. The van der Waals surface area contributed by atoms with Gasteiger partial charge in [0.1, 0.15) is 0 Å². The Kier molecular flexibility index (Phi) is 5.49. The van der Waals surface area contributed by atoms with Crippen molar-refractivity contribution in [2.75, 3.05) is 19.4 Å². The molecule has 5 nitrogen and oxygen atoms in total. The highest BCUT2D eigenvalue weighted by atomic mass is 16.2. The number of carbonyl (C=O) groups is 2. The third-order valence-corrected chi connectivity index (χ3v) is 3.32. The summed E-state index contributed by atoms with van der Waals surface area (Å²) in [4.78, 5) is 25.4. The van der Waals surface area contributed by atoms with E-state index in [0.29, 0.717) is 11.3 Å². The van der Waals surface area contributed by atoms with Crippen LogP contribution in [0.5, 0.6) is 0 Å². The molecule has 0 aromatic heterocycles. The molecule has 21 heavy (non-hydrogen) atoms. The third kappa shape index (κ3) is 5.19. The van der Waals surface area contributed by atoms with E-state index >= 15 is 0 Å². The molecule has 0 aliphatic heterocycles. The molecule has 1 atom stereocenters. The molecular formula is C16H25N3O2. The van der Waals surface area contributed by atoms with Crippen LogP contribution in [0.15, 0.2) is 24.3 Å². The van der Waals surface area contributed by atoms with Gasteiger partial charge in [0, 0.05) is 37.8 Å². The lowest BCUT2D eigenvalue weighted by Crippen LogP contribution is -2.38. The van der Waals surface area contributed by atoms with Crippen molar-refractivity contribution in [1.29, 1.82) is 0 Å². The minimum atomic E-state index is -0.218. The molecule has 0 spiro atoms. The Morgan fingerprint density at radius 1 is 1.29 bits per heavy atom. The first kappa shape index (κ1) is 17.2. The number of hydrogen-bond donors (Lipinski definition) is 2. The molecule has 0 bridgehead atoms. The Morgan fingerprint density at radius 3 is 2.43 bits per heavy atom. The number of nitrogens with zero attached hydrogens (tertiary/aromatic N) is 1. The van der Waals surface area contributed by atoms with E-state index in [0.717, 1.165) is 0 Å². The fourth-order valence-electron chi connectivity index (χ4n) is 1.71. The van der Waals surface area contributed by atoms with E-state index < -0.39 is 0 Å². The van der Waals surface area contributed by atoms with Crippen molar-refractivity contribution in [2.45, 2.75) is 33.2 Å². The first-order valence-electron chi connectivity index (χ1n) is 6.98. The van der Waals surface area contributed by atoms with Crippen LogP contribution in [-0.2, 0) is 4.79 Å². The average molecular weight is 291 g/mol. The van der Waals surface area contributed by atoms with E-state index in [-0.39, 0.29) is 29.7 Å². The first-order valence-corrected chi connectivity index (χ1v) is 6.98. The number of nitrogens with two attached hydrogens (primary N) is 1. The van der Waals surface area contributed by atoms with E-state index in [1.807, 2.05) is 20.8 Å². The first-order chi connectivity index (χ1) is 9.61. The molecule has 0 aliphatic rings. The van der Waals surface area contributed by atoms with E-state index in [1.165, 1.54) is 4.90 Å². The van der Waals surface area contributed by atoms with Gasteiger partial charge in [-0.3, -0.25) is 9.59 Å². The van der Waals surface area contributed by atoms with Crippen LogP contribution in [-0.4, -0.2) is 36.9 Å². The van der Waals surface area contributed by atoms with Gasteiger partial charge < -0.3 is 16.0 Å². The molecule has 0 saturated heterocycles. The summed E-state index contributed by atoms with van der Waals surface area (Å²) in [7, 11) is 3.38. The van der Waals surface area contributed by atoms with Crippen LogP contribution in [0.1, 0.15) is 37.6 Å². The summed E-state index contributed by atoms with van der Waals surface area (Å²) in [6.07, 6.45) is 0.245. The summed E-state index contributed by atoms with van der Waals surface area (Å²) in [5, 5.41) is 2.79. The van der Waals surface area contributed by atoms with Crippen molar-refractivity contribution in [3.63, 3.8) is 0 Å². The van der Waals surface area contributed by atoms with Crippen LogP contribution < -0.4 is 11.1 Å². The van der Waals surface area contributed by atoms with Crippen LogP contribution in [0, 0.1) is 5.41 Å². The van der Waals surface area contributed by atoms with Gasteiger partial charge in [-0.05, 0) is 23.6 Å². The number of rotatable bonds is 4. The van der Waals surface area contributed by atoms with Crippen molar-refractivity contribution in [1.82, 2.24) is 4.90 Å². The van der Waals surface area contributed by atoms with Crippen molar-refractivity contribution >= 4 is 17.5 Å². The fraction of sp³-hybridized carbons (Fsp3) is 0.500. The number of anilines is 1. The lowest BCUT2D eigenvalue weighted by molar-refractivity contribution is -0.117. The molecule has 0 heterocycles. The molecule has 0 saturated carbocycles. The van der Waals surface area contributed by atoms with Gasteiger partial charge in [0.15, 0.2) is 0 Å². The van der Waals surface area contributed by atoms with Gasteiger partial charge in [-0.15, -0.1) is 0 Å². The second kappa shape index (κ2) is 6.72. The molecule has 1 aromatic rings. The van der Waals surface area contributed by atoms with Gasteiger partial charge >= 0.3 is 0 Å². The van der Waals surface area contributed by atoms with Gasteiger partial charge in [0.2, 0.25) is 5.91 Å². The van der Waals surface area contributed by atoms with E-state index in [4.69, 9.17) is 5.73 Å². The highest BCUT2D eigenvalue weighted by Crippen LogP contribution is 2.20. The number of amides is 2. The molecular weight excluding hydrogens is 266 g/mol. The van der Waals surface area contributed by atoms with Crippen LogP contribution in [0.3, 0.4) is 0 Å². The van der Waals surface area contributed by atoms with Crippen molar-refractivity contribution in [3.8, 4) is 0 Å². The topological polar surface area (TPSA) is 75.4 Å². The molecule has 0 radical (unpaired) electrons. The minimum Gasteiger partial charge on any atom is -0.345 e. The highest BCUT2D eigenvalue weighted by Gasteiger charge is 2.23. The smallest absolute Gasteiger partial charge is 0.253 e. The van der Waals surface area contributed by atoms with Crippen molar-refractivity contribution in [3.05, 3.63) is 29.8 Å². The summed E-state index contributed by atoms with van der Waals surface area (Å²) in [6.45, 7) is 6.00. The Balaban J connectivity index is 2.73. The monoisotopic (exact) mass is 291 g/mol. The molecule has 3 N–H and O–H groups in total. The Morgan fingerprint density at radius 2 is 1.90 bits per heavy atom. The quantitative estimate of drug-likeness (QED) is 0.892. The van der Waals surface area contributed by atoms with E-state index in [2.05, 4.69) is 5.32 Å². The maximum atomic E-state index is 12.0. The average Bonchev–Trinajstić information content (AvgIpc) is 2.36. The Hall–Kier alpha value is -1.88. The summed E-state index contributed by atoms with van der Waals surface area (Å²) < 4.78 is 0. The zero-order chi connectivity index (χ0) is 16.2. The van der Waals surface area contributed by atoms with Crippen molar-refractivity contribution < 1.29 is 9.59 Å². The highest BCUT2D eigenvalue weighted by molar-refractivity contribution is 5.97. The van der Waals surface area contributed by atoms with Gasteiger partial charge in [-0.25, -0.2) is 0 Å². The number of benzene rings is 1. The minimum absolute atomic E-state index is 0.0995. The largest absolute Gasteiger partial charge is 0.345 e. The molecule has 1 rings (SSSR count). The van der Waals surface area contributed by atoms with E-state index in [1.54, 1.807) is 38.4 Å². The van der Waals surface area contributed by atoms with Gasteiger partial charge in [0.05, 0.1) is 0 Å². The van der Waals surface area contributed by atoms with Crippen LogP contribution >= 0.6 is 0 Å². The lowest BCUT2D eigenvalue weighted by atomic mass is 9.85. The molecule has 1 unspecified atom stereocenters. The SMILES string of the molecule is CN(C)C(=O)c1cccc(NC(=O)CC(N)C(C)(C)C)c1. The summed E-state index contributed by atoms with van der Waals surface area (Å²) in [6, 6.07) is 6.68. The van der Waals surface area contributed by atoms with Crippen LogP contribution in [0.25, 0.3) is 0 Å². The summed E-state index contributed by atoms with van der Waals surface area (Å²) in [5.41, 5.74) is 7.02. The predicted octanol–water partition coefficient (Wildman–Crippen LogP) is 2.09. The predicted molar refractivity (Wildman–Crippen MR) is 85.1 cm³/mol. The van der Waals surface area contributed by atoms with Crippen LogP contribution in [0.2, 0.25) is 0 Å². The number of hydrogen-bond acceptors (Lipinski definition) is 3. The molecule has 116 valence electrons. The maximum Gasteiger partial charge on any atom is 0.253 e. The summed E-state index contributed by atoms with van der Waals surface area (Å²) >= 11 is 0. The lowest BCUT2D eigenvalue weighted by Gasteiger charge is -2.26. The molecule has 2 amide bonds. The standard InChI is InChI=1S/C16H25N3O2/c1-16(2,3)13(17)10-14(20)18-12-8-6-7-11(9-12)15(21)19(4)5/h6-9,13H,10,17H2,1-5H3,(H,18,20). The Labute approximate surface area is 126 Å². The van der Waals surface area contributed by atoms with Crippen molar-refractivity contribution in [2.24, 2.45) is 11.1 Å². The molecule has 1 aromatic carbocycles.